The Morgan fingerprint density at radius 2 is 2.14 bits per heavy atom. The number of hydrogen-bond donors (Lipinski definition) is 3. The van der Waals surface area contributed by atoms with Crippen LogP contribution in [0.4, 0.5) is 0 Å². The molecule has 2 atom stereocenters. The van der Waals surface area contributed by atoms with Gasteiger partial charge in [0.15, 0.2) is 0 Å². The molecule has 3 heterocycles. The van der Waals surface area contributed by atoms with Crippen LogP contribution in [-0.2, 0) is 17.8 Å². The van der Waals surface area contributed by atoms with Crippen LogP contribution in [0.5, 0.6) is 0 Å². The van der Waals surface area contributed by atoms with E-state index >= 15 is 0 Å². The van der Waals surface area contributed by atoms with Gasteiger partial charge in [0.2, 0.25) is 0 Å². The third-order valence-corrected chi connectivity index (χ3v) is 5.24. The number of aliphatic hydroxyl groups excluding tert-OH is 2. The first-order valence-corrected chi connectivity index (χ1v) is 9.59. The summed E-state index contributed by atoms with van der Waals surface area (Å²) in [5.74, 6) is 0.292. The molecule has 28 heavy (non-hydrogen) atoms. The summed E-state index contributed by atoms with van der Waals surface area (Å²) in [5, 5.41) is 22.3. The van der Waals surface area contributed by atoms with Crippen LogP contribution < -0.4 is 5.32 Å². The summed E-state index contributed by atoms with van der Waals surface area (Å²) >= 11 is 0. The van der Waals surface area contributed by atoms with Gasteiger partial charge < -0.3 is 20.4 Å². The van der Waals surface area contributed by atoms with Crippen molar-refractivity contribution in [2.24, 2.45) is 9.98 Å². The van der Waals surface area contributed by atoms with E-state index < -0.39 is 6.10 Å². The number of rotatable bonds is 6. The van der Waals surface area contributed by atoms with Crippen LogP contribution in [-0.4, -0.2) is 83.0 Å². The van der Waals surface area contributed by atoms with Crippen molar-refractivity contribution in [2.75, 3.05) is 32.8 Å². The molecular formula is C20H25N5O3. The van der Waals surface area contributed by atoms with Crippen LogP contribution in [0.3, 0.4) is 0 Å². The van der Waals surface area contributed by atoms with Crippen molar-refractivity contribution in [2.45, 2.75) is 25.1 Å². The molecule has 0 aliphatic carbocycles. The monoisotopic (exact) mass is 383 g/mol. The van der Waals surface area contributed by atoms with Crippen LogP contribution in [0.2, 0.25) is 0 Å². The van der Waals surface area contributed by atoms with Crippen molar-refractivity contribution >= 4 is 18.1 Å². The summed E-state index contributed by atoms with van der Waals surface area (Å²) in [6.07, 6.45) is 3.50. The van der Waals surface area contributed by atoms with Crippen LogP contribution in [0, 0.1) is 0 Å². The minimum absolute atomic E-state index is 0.0314. The molecule has 0 spiro atoms. The number of amidine groups is 1. The van der Waals surface area contributed by atoms with Gasteiger partial charge in [-0.2, -0.15) is 0 Å². The van der Waals surface area contributed by atoms with Gasteiger partial charge in [-0.05, 0) is 17.5 Å². The highest BCUT2D eigenvalue weighted by Crippen LogP contribution is 2.18. The Kier molecular flexibility index (Phi) is 5.52. The second-order valence-corrected chi connectivity index (χ2v) is 7.37. The van der Waals surface area contributed by atoms with E-state index in [4.69, 9.17) is 0 Å². The van der Waals surface area contributed by atoms with E-state index in [2.05, 4.69) is 38.4 Å². The second kappa shape index (κ2) is 8.22. The molecule has 3 aliphatic heterocycles. The molecule has 0 radical (unpaired) electrons. The molecule has 4 rings (SSSR count). The normalized spacial score (nSPS) is 22.2. The van der Waals surface area contributed by atoms with Crippen LogP contribution in [0.1, 0.15) is 11.1 Å². The van der Waals surface area contributed by atoms with E-state index in [1.54, 1.807) is 17.3 Å². The standard InChI is InChI=1S/C20H25N5O3/c26-12-16-10-25-13-22-18(7-19(25)23-16)20(28)21-8-17(27)11-24-6-5-14-3-1-2-4-15(14)9-24/h1-4,7,13,16-17,26-27H,5-6,8-12H2,(H,21,28)/t16-,17-/m0/s1. The molecule has 0 bridgehead atoms. The van der Waals surface area contributed by atoms with Crippen LogP contribution >= 0.6 is 0 Å². The number of β-amino-alcohol motifs (C(OH)–C–C–N with tert-alkyl or cyclic N) is 1. The smallest absolute Gasteiger partial charge is 0.270 e. The minimum Gasteiger partial charge on any atom is -0.394 e. The molecule has 148 valence electrons. The fraction of sp³-hybridized carbons (Fsp3) is 0.450. The highest BCUT2D eigenvalue weighted by Gasteiger charge is 2.26. The van der Waals surface area contributed by atoms with Crippen molar-refractivity contribution in [3.8, 4) is 0 Å². The zero-order valence-corrected chi connectivity index (χ0v) is 15.7. The van der Waals surface area contributed by atoms with Gasteiger partial charge in [0, 0.05) is 32.3 Å². The Morgan fingerprint density at radius 3 is 2.96 bits per heavy atom. The SMILES string of the molecule is O=C(NC[C@H](O)CN1CCc2ccccc2C1)C1=CC2=N[C@H](CO)CN2C=N1. The number of nitrogens with one attached hydrogen (secondary N) is 1. The van der Waals surface area contributed by atoms with Gasteiger partial charge in [0.1, 0.15) is 11.5 Å². The Morgan fingerprint density at radius 1 is 1.32 bits per heavy atom. The van der Waals surface area contributed by atoms with Gasteiger partial charge in [-0.25, -0.2) is 4.99 Å². The summed E-state index contributed by atoms with van der Waals surface area (Å²) in [7, 11) is 0. The lowest BCUT2D eigenvalue weighted by Gasteiger charge is -2.30. The predicted molar refractivity (Wildman–Crippen MR) is 106 cm³/mol. The van der Waals surface area contributed by atoms with Crippen molar-refractivity contribution in [1.82, 2.24) is 15.1 Å². The number of aliphatic hydroxyl groups is 2. The topological polar surface area (TPSA) is 101 Å². The maximum absolute atomic E-state index is 12.4. The van der Waals surface area contributed by atoms with E-state index in [-0.39, 0.29) is 30.8 Å². The number of carbonyl (C=O) groups excluding carboxylic acids is 1. The molecule has 0 aromatic heterocycles. The van der Waals surface area contributed by atoms with Crippen LogP contribution in [0.25, 0.3) is 0 Å². The maximum Gasteiger partial charge on any atom is 0.270 e. The third-order valence-electron chi connectivity index (χ3n) is 5.24. The molecular weight excluding hydrogens is 358 g/mol. The van der Waals surface area contributed by atoms with Crippen molar-refractivity contribution < 1.29 is 15.0 Å². The highest BCUT2D eigenvalue weighted by molar-refractivity contribution is 6.10. The Balaban J connectivity index is 1.27. The van der Waals surface area contributed by atoms with E-state index in [0.29, 0.717) is 18.9 Å². The van der Waals surface area contributed by atoms with E-state index in [9.17, 15) is 15.0 Å². The Bertz CT molecular complexity index is 835. The molecule has 1 aromatic rings. The van der Waals surface area contributed by atoms with Gasteiger partial charge in [0.25, 0.3) is 5.91 Å². The molecule has 8 nitrogen and oxygen atoms in total. The van der Waals surface area contributed by atoms with E-state index in [0.717, 1.165) is 19.5 Å². The maximum atomic E-state index is 12.4. The van der Waals surface area contributed by atoms with Gasteiger partial charge in [0.05, 0.1) is 31.6 Å². The highest BCUT2D eigenvalue weighted by atomic mass is 16.3. The lowest BCUT2D eigenvalue weighted by molar-refractivity contribution is -0.118. The largest absolute Gasteiger partial charge is 0.394 e. The van der Waals surface area contributed by atoms with Crippen LogP contribution in [0.15, 0.2) is 46.0 Å². The first kappa shape index (κ1) is 18.8. The van der Waals surface area contributed by atoms with Crippen molar-refractivity contribution in [3.05, 3.63) is 47.2 Å². The molecule has 1 aromatic carbocycles. The number of aliphatic imine (C=N–C) groups is 2. The first-order valence-electron chi connectivity index (χ1n) is 9.59. The first-order chi connectivity index (χ1) is 13.6. The lowest BCUT2D eigenvalue weighted by atomic mass is 10.00. The summed E-state index contributed by atoms with van der Waals surface area (Å²) in [6.45, 7) is 2.93. The zero-order chi connectivity index (χ0) is 19.5. The molecule has 3 aliphatic rings. The van der Waals surface area contributed by atoms with Crippen molar-refractivity contribution in [3.63, 3.8) is 0 Å². The van der Waals surface area contributed by atoms with Gasteiger partial charge in [-0.1, -0.05) is 24.3 Å². The van der Waals surface area contributed by atoms with Crippen molar-refractivity contribution in [1.29, 1.82) is 0 Å². The Labute approximate surface area is 163 Å². The minimum atomic E-state index is -0.651. The fourth-order valence-electron chi connectivity index (χ4n) is 3.74. The molecule has 8 heteroatoms. The van der Waals surface area contributed by atoms with Gasteiger partial charge in [-0.3, -0.25) is 14.7 Å². The number of amides is 1. The number of fused-ring (bicyclic) bond motifs is 2. The summed E-state index contributed by atoms with van der Waals surface area (Å²) in [4.78, 5) is 24.9. The number of benzene rings is 1. The molecule has 3 N–H and O–H groups in total. The average Bonchev–Trinajstić information content (AvgIpc) is 3.14. The summed E-state index contributed by atoms with van der Waals surface area (Å²) < 4.78 is 0. The summed E-state index contributed by atoms with van der Waals surface area (Å²) in [5.41, 5.74) is 2.93. The lowest BCUT2D eigenvalue weighted by Crippen LogP contribution is -2.42. The Hall–Kier alpha value is -2.55. The molecule has 0 unspecified atom stereocenters. The predicted octanol–water partition coefficient (Wildman–Crippen LogP) is -0.477. The average molecular weight is 383 g/mol. The van der Waals surface area contributed by atoms with E-state index in [1.165, 1.54) is 11.1 Å². The number of nitrogens with zero attached hydrogens (tertiary/aromatic N) is 4. The number of hydrogen-bond acceptors (Lipinski definition) is 7. The molecule has 0 saturated heterocycles. The molecule has 0 fully saturated rings. The summed E-state index contributed by atoms with van der Waals surface area (Å²) in [6, 6.07) is 8.19. The van der Waals surface area contributed by atoms with Gasteiger partial charge in [-0.15, -0.1) is 0 Å². The molecule has 0 saturated carbocycles. The van der Waals surface area contributed by atoms with E-state index in [1.807, 2.05) is 6.07 Å². The zero-order valence-electron chi connectivity index (χ0n) is 15.7. The quantitative estimate of drug-likeness (QED) is 0.616. The number of carbonyl (C=O) groups is 1. The molecule has 1 amide bonds. The third kappa shape index (κ3) is 4.14. The fourth-order valence-corrected chi connectivity index (χ4v) is 3.74. The second-order valence-electron chi connectivity index (χ2n) is 7.37. The van der Waals surface area contributed by atoms with Gasteiger partial charge >= 0.3 is 0 Å².